The molecule has 2 aromatic rings. The van der Waals surface area contributed by atoms with Crippen molar-refractivity contribution in [3.63, 3.8) is 0 Å². The van der Waals surface area contributed by atoms with Crippen LogP contribution in [0.3, 0.4) is 0 Å². The monoisotopic (exact) mass is 291 g/mol. The molecule has 0 atom stereocenters. The first-order chi connectivity index (χ1) is 9.54. The number of benzene rings is 1. The minimum Gasteiger partial charge on any atom is -0.478 e. The lowest BCUT2D eigenvalue weighted by molar-refractivity contribution is 0.0594. The largest absolute Gasteiger partial charge is 0.478 e. The molecule has 0 saturated carbocycles. The Morgan fingerprint density at radius 2 is 2.05 bits per heavy atom. The highest BCUT2D eigenvalue weighted by molar-refractivity contribution is 6.33. The minimum atomic E-state index is -1.14. The summed E-state index contributed by atoms with van der Waals surface area (Å²) in [4.78, 5) is 26.7. The summed E-state index contributed by atoms with van der Waals surface area (Å²) < 4.78 is 4.66. The van der Waals surface area contributed by atoms with E-state index in [2.05, 4.69) is 9.72 Å². The van der Waals surface area contributed by atoms with Gasteiger partial charge in [-0.25, -0.2) is 14.6 Å². The average molecular weight is 292 g/mol. The molecule has 0 aliphatic rings. The molecule has 0 aliphatic carbocycles. The number of methoxy groups -OCH3 is 1. The summed E-state index contributed by atoms with van der Waals surface area (Å²) >= 11 is 5.82. The molecule has 1 aromatic carbocycles. The summed E-state index contributed by atoms with van der Waals surface area (Å²) in [7, 11) is 1.26. The molecule has 0 saturated heterocycles. The molecule has 102 valence electrons. The molecular weight excluding hydrogens is 282 g/mol. The number of nitrogens with zero attached hydrogens (tertiary/aromatic N) is 1. The molecule has 0 amide bonds. The molecule has 6 heteroatoms. The Bertz CT molecular complexity index is 685. The molecule has 5 nitrogen and oxygen atoms in total. The fourth-order valence-electron chi connectivity index (χ4n) is 1.75. The van der Waals surface area contributed by atoms with Gasteiger partial charge in [0.2, 0.25) is 0 Å². The van der Waals surface area contributed by atoms with Crippen LogP contribution in [0.1, 0.15) is 20.8 Å². The zero-order chi connectivity index (χ0) is 14.7. The summed E-state index contributed by atoms with van der Waals surface area (Å²) in [5, 5.41) is 9.20. The highest BCUT2D eigenvalue weighted by Gasteiger charge is 2.16. The van der Waals surface area contributed by atoms with E-state index in [9.17, 15) is 9.59 Å². The normalized spacial score (nSPS) is 10.1. The summed E-state index contributed by atoms with van der Waals surface area (Å²) in [6, 6.07) is 7.80. The molecule has 0 fully saturated rings. The fraction of sp³-hybridized carbons (Fsp3) is 0.0714. The lowest BCUT2D eigenvalue weighted by atomic mass is 10.0. The lowest BCUT2D eigenvalue weighted by Crippen LogP contribution is -2.06. The third-order valence-corrected chi connectivity index (χ3v) is 3.02. The van der Waals surface area contributed by atoms with Crippen molar-refractivity contribution in [1.29, 1.82) is 0 Å². The first-order valence-electron chi connectivity index (χ1n) is 5.61. The zero-order valence-electron chi connectivity index (χ0n) is 10.5. The Labute approximate surface area is 119 Å². The second-order valence-corrected chi connectivity index (χ2v) is 4.30. The van der Waals surface area contributed by atoms with Crippen molar-refractivity contribution in [3.8, 4) is 11.1 Å². The SMILES string of the molecule is COC(=O)c1ncccc1-c1ccc(Cl)c(C(=O)O)c1. The molecule has 0 bridgehead atoms. The van der Waals surface area contributed by atoms with E-state index in [0.717, 1.165) is 0 Å². The van der Waals surface area contributed by atoms with Gasteiger partial charge < -0.3 is 9.84 Å². The molecule has 20 heavy (non-hydrogen) atoms. The Balaban J connectivity index is 2.60. The van der Waals surface area contributed by atoms with Gasteiger partial charge in [0, 0.05) is 11.8 Å². The van der Waals surface area contributed by atoms with E-state index in [4.69, 9.17) is 16.7 Å². The van der Waals surface area contributed by atoms with Crippen molar-refractivity contribution in [2.45, 2.75) is 0 Å². The van der Waals surface area contributed by atoms with Gasteiger partial charge in [-0.05, 0) is 23.8 Å². The highest BCUT2D eigenvalue weighted by atomic mass is 35.5. The number of carbonyl (C=O) groups is 2. The first kappa shape index (κ1) is 14.0. The number of carboxylic acid groups (broad SMARTS) is 1. The van der Waals surface area contributed by atoms with Gasteiger partial charge in [0.15, 0.2) is 5.69 Å². The molecule has 0 spiro atoms. The number of carboxylic acids is 1. The number of hydrogen-bond donors (Lipinski definition) is 1. The van der Waals surface area contributed by atoms with E-state index in [1.54, 1.807) is 18.2 Å². The van der Waals surface area contributed by atoms with Crippen LogP contribution in [0.15, 0.2) is 36.5 Å². The fourth-order valence-corrected chi connectivity index (χ4v) is 1.95. The molecular formula is C14H10ClNO4. The third kappa shape index (κ3) is 2.62. The smallest absolute Gasteiger partial charge is 0.357 e. The lowest BCUT2D eigenvalue weighted by Gasteiger charge is -2.08. The van der Waals surface area contributed by atoms with Gasteiger partial charge in [-0.3, -0.25) is 0 Å². The maximum Gasteiger partial charge on any atom is 0.357 e. The summed E-state index contributed by atoms with van der Waals surface area (Å²) in [6.45, 7) is 0. The second-order valence-electron chi connectivity index (χ2n) is 3.89. The predicted octanol–water partition coefficient (Wildman–Crippen LogP) is 2.89. The van der Waals surface area contributed by atoms with Crippen LogP contribution in [0.5, 0.6) is 0 Å². The van der Waals surface area contributed by atoms with E-state index in [1.165, 1.54) is 25.4 Å². The van der Waals surface area contributed by atoms with Gasteiger partial charge in [0.25, 0.3) is 0 Å². The number of pyridine rings is 1. The maximum absolute atomic E-state index is 11.7. The van der Waals surface area contributed by atoms with Gasteiger partial charge >= 0.3 is 11.9 Å². The van der Waals surface area contributed by atoms with Crippen molar-refractivity contribution in [2.75, 3.05) is 7.11 Å². The summed E-state index contributed by atoms with van der Waals surface area (Å²) in [5.74, 6) is -1.73. The molecule has 1 heterocycles. The first-order valence-corrected chi connectivity index (χ1v) is 5.99. The number of aromatic nitrogens is 1. The molecule has 1 aromatic heterocycles. The average Bonchev–Trinajstić information content (AvgIpc) is 2.46. The third-order valence-electron chi connectivity index (χ3n) is 2.69. The van der Waals surface area contributed by atoms with Crippen LogP contribution in [0.4, 0.5) is 0 Å². The van der Waals surface area contributed by atoms with Crippen molar-refractivity contribution < 1.29 is 19.4 Å². The van der Waals surface area contributed by atoms with Crippen molar-refractivity contribution in [1.82, 2.24) is 4.98 Å². The van der Waals surface area contributed by atoms with Gasteiger partial charge in [0.1, 0.15) is 0 Å². The number of ether oxygens (including phenoxy) is 1. The predicted molar refractivity (Wildman–Crippen MR) is 73.0 cm³/mol. The van der Waals surface area contributed by atoms with E-state index >= 15 is 0 Å². The van der Waals surface area contributed by atoms with Crippen LogP contribution in [0, 0.1) is 0 Å². The van der Waals surface area contributed by atoms with E-state index in [0.29, 0.717) is 11.1 Å². The Morgan fingerprint density at radius 1 is 1.30 bits per heavy atom. The van der Waals surface area contributed by atoms with Gasteiger partial charge in [0.05, 0.1) is 17.7 Å². The van der Waals surface area contributed by atoms with Gasteiger partial charge in [-0.2, -0.15) is 0 Å². The van der Waals surface area contributed by atoms with Crippen LogP contribution in [0.25, 0.3) is 11.1 Å². The number of rotatable bonds is 3. The Kier molecular flexibility index (Phi) is 4.00. The standard InChI is InChI=1S/C14H10ClNO4/c1-20-14(19)12-9(3-2-6-16-12)8-4-5-11(15)10(7-8)13(17)18/h2-7H,1H3,(H,17,18). The zero-order valence-corrected chi connectivity index (χ0v) is 11.2. The van der Waals surface area contributed by atoms with Crippen LogP contribution in [-0.4, -0.2) is 29.1 Å². The molecule has 0 aliphatic heterocycles. The van der Waals surface area contributed by atoms with Crippen molar-refractivity contribution >= 4 is 23.5 Å². The van der Waals surface area contributed by atoms with Crippen molar-refractivity contribution in [3.05, 3.63) is 52.8 Å². The number of aromatic carboxylic acids is 1. The van der Waals surface area contributed by atoms with Crippen LogP contribution >= 0.6 is 11.6 Å². The van der Waals surface area contributed by atoms with E-state index in [-0.39, 0.29) is 16.3 Å². The van der Waals surface area contributed by atoms with Crippen LogP contribution in [-0.2, 0) is 4.74 Å². The summed E-state index contributed by atoms with van der Waals surface area (Å²) in [6.07, 6.45) is 1.46. The quantitative estimate of drug-likeness (QED) is 0.880. The van der Waals surface area contributed by atoms with Gasteiger partial charge in [-0.15, -0.1) is 0 Å². The number of esters is 1. The molecule has 2 rings (SSSR count). The maximum atomic E-state index is 11.7. The second kappa shape index (κ2) is 5.71. The van der Waals surface area contributed by atoms with Crippen LogP contribution in [0.2, 0.25) is 5.02 Å². The molecule has 0 radical (unpaired) electrons. The number of carbonyl (C=O) groups excluding carboxylic acids is 1. The summed E-state index contributed by atoms with van der Waals surface area (Å²) in [5.41, 5.74) is 1.09. The number of hydrogen-bond acceptors (Lipinski definition) is 4. The van der Waals surface area contributed by atoms with Crippen molar-refractivity contribution in [2.24, 2.45) is 0 Å². The molecule has 1 N–H and O–H groups in total. The number of halogens is 1. The highest BCUT2D eigenvalue weighted by Crippen LogP contribution is 2.27. The molecule has 0 unspecified atom stereocenters. The minimum absolute atomic E-state index is 0.0381. The van der Waals surface area contributed by atoms with Gasteiger partial charge in [-0.1, -0.05) is 23.7 Å². The van der Waals surface area contributed by atoms with E-state index < -0.39 is 11.9 Å². The Hall–Kier alpha value is -2.40. The Morgan fingerprint density at radius 3 is 2.70 bits per heavy atom. The van der Waals surface area contributed by atoms with E-state index in [1.807, 2.05) is 0 Å². The van der Waals surface area contributed by atoms with Crippen LogP contribution < -0.4 is 0 Å². The topological polar surface area (TPSA) is 76.5 Å².